The Bertz CT molecular complexity index is 379. The molecule has 1 aliphatic heterocycles. The molecule has 4 heteroatoms. The number of hydrogen-bond acceptors (Lipinski definition) is 4. The Labute approximate surface area is 114 Å². The summed E-state index contributed by atoms with van der Waals surface area (Å²) in [5.41, 5.74) is 2.16. The van der Waals surface area contributed by atoms with E-state index in [1.807, 2.05) is 31.2 Å². The number of rotatable bonds is 5. The molecule has 1 fully saturated rings. The molecule has 0 radical (unpaired) electrons. The van der Waals surface area contributed by atoms with Crippen LogP contribution < -0.4 is 0 Å². The number of nitrogens with zero attached hydrogens (tertiary/aromatic N) is 1. The fourth-order valence-electron chi connectivity index (χ4n) is 2.40. The maximum Gasteiger partial charge on any atom is 0.0802 e. The Balaban J connectivity index is 1.85. The fourth-order valence-corrected chi connectivity index (χ4v) is 2.40. The van der Waals surface area contributed by atoms with Gasteiger partial charge < -0.3 is 14.9 Å². The van der Waals surface area contributed by atoms with Crippen LogP contribution in [0.5, 0.6) is 0 Å². The second kappa shape index (κ2) is 7.01. The van der Waals surface area contributed by atoms with E-state index < -0.39 is 6.10 Å². The summed E-state index contributed by atoms with van der Waals surface area (Å²) in [4.78, 5) is 2.20. The Morgan fingerprint density at radius 3 is 2.79 bits per heavy atom. The van der Waals surface area contributed by atoms with Gasteiger partial charge in [-0.25, -0.2) is 0 Å². The van der Waals surface area contributed by atoms with Crippen molar-refractivity contribution in [1.29, 1.82) is 0 Å². The highest BCUT2D eigenvalue weighted by Crippen LogP contribution is 2.18. The van der Waals surface area contributed by atoms with Gasteiger partial charge in [-0.05, 0) is 18.9 Å². The van der Waals surface area contributed by atoms with Crippen molar-refractivity contribution >= 4 is 0 Å². The maximum absolute atomic E-state index is 10.2. The predicted octanol–water partition coefficient (Wildman–Crippen LogP) is 1.11. The monoisotopic (exact) mass is 265 g/mol. The first-order valence-electron chi connectivity index (χ1n) is 6.88. The molecule has 2 atom stereocenters. The van der Waals surface area contributed by atoms with Gasteiger partial charge in [0.2, 0.25) is 0 Å². The summed E-state index contributed by atoms with van der Waals surface area (Å²) in [5, 5.41) is 19.5. The number of aryl methyl sites for hydroxylation is 1. The molecule has 19 heavy (non-hydrogen) atoms. The molecule has 0 aromatic heterocycles. The lowest BCUT2D eigenvalue weighted by molar-refractivity contribution is -0.0321. The Morgan fingerprint density at radius 2 is 2.11 bits per heavy atom. The number of benzene rings is 1. The summed E-state index contributed by atoms with van der Waals surface area (Å²) in [6.07, 6.45) is 0.238. The molecule has 0 aliphatic carbocycles. The molecule has 0 saturated carbocycles. The molecule has 106 valence electrons. The lowest BCUT2D eigenvalue weighted by Gasteiger charge is -2.34. The minimum Gasteiger partial charge on any atom is -0.395 e. The predicted molar refractivity (Wildman–Crippen MR) is 74.0 cm³/mol. The SMILES string of the molecule is Cc1ccc(C(O)CCN2CCOCC2CO)cc1. The van der Waals surface area contributed by atoms with Gasteiger partial charge in [-0.15, -0.1) is 0 Å². The lowest BCUT2D eigenvalue weighted by atomic mass is 10.0. The van der Waals surface area contributed by atoms with Crippen molar-refractivity contribution < 1.29 is 14.9 Å². The highest BCUT2D eigenvalue weighted by Gasteiger charge is 2.22. The van der Waals surface area contributed by atoms with Crippen LogP contribution >= 0.6 is 0 Å². The molecular weight excluding hydrogens is 242 g/mol. The number of morpholine rings is 1. The van der Waals surface area contributed by atoms with Gasteiger partial charge in [-0.1, -0.05) is 29.8 Å². The molecule has 4 nitrogen and oxygen atoms in total. The average Bonchev–Trinajstić information content (AvgIpc) is 2.45. The van der Waals surface area contributed by atoms with Gasteiger partial charge in [0, 0.05) is 13.1 Å². The summed E-state index contributed by atoms with van der Waals surface area (Å²) in [6.45, 7) is 5.04. The smallest absolute Gasteiger partial charge is 0.0802 e. The van der Waals surface area contributed by atoms with Crippen molar-refractivity contribution in [3.8, 4) is 0 Å². The first-order chi connectivity index (χ1) is 9.20. The molecule has 1 aromatic carbocycles. The van der Waals surface area contributed by atoms with E-state index in [4.69, 9.17) is 4.74 Å². The van der Waals surface area contributed by atoms with Crippen LogP contribution in [0.2, 0.25) is 0 Å². The zero-order chi connectivity index (χ0) is 13.7. The highest BCUT2D eigenvalue weighted by molar-refractivity contribution is 5.23. The van der Waals surface area contributed by atoms with Crippen molar-refractivity contribution in [3.05, 3.63) is 35.4 Å². The van der Waals surface area contributed by atoms with Crippen LogP contribution in [0.15, 0.2) is 24.3 Å². The van der Waals surface area contributed by atoms with Crippen molar-refractivity contribution in [3.63, 3.8) is 0 Å². The summed E-state index contributed by atoms with van der Waals surface area (Å²) in [5.74, 6) is 0. The maximum atomic E-state index is 10.2. The molecule has 2 N–H and O–H groups in total. The average molecular weight is 265 g/mol. The van der Waals surface area contributed by atoms with E-state index in [2.05, 4.69) is 4.90 Å². The van der Waals surface area contributed by atoms with Crippen molar-refractivity contribution in [1.82, 2.24) is 4.90 Å². The molecular formula is C15H23NO3. The Kier molecular flexibility index (Phi) is 5.34. The van der Waals surface area contributed by atoms with E-state index in [1.54, 1.807) is 0 Å². The van der Waals surface area contributed by atoms with Crippen LogP contribution in [0.25, 0.3) is 0 Å². The number of aliphatic hydroxyl groups excluding tert-OH is 2. The van der Waals surface area contributed by atoms with E-state index >= 15 is 0 Å². The largest absolute Gasteiger partial charge is 0.395 e. The molecule has 1 saturated heterocycles. The van der Waals surface area contributed by atoms with Crippen LogP contribution in [0.3, 0.4) is 0 Å². The van der Waals surface area contributed by atoms with Crippen LogP contribution in [-0.4, -0.2) is 54.1 Å². The topological polar surface area (TPSA) is 52.9 Å². The first kappa shape index (κ1) is 14.5. The molecule has 1 aliphatic rings. The van der Waals surface area contributed by atoms with E-state index in [0.717, 1.165) is 18.7 Å². The van der Waals surface area contributed by atoms with Gasteiger partial charge in [-0.3, -0.25) is 4.90 Å². The molecule has 2 rings (SSSR count). The molecule has 0 bridgehead atoms. The van der Waals surface area contributed by atoms with Crippen molar-refractivity contribution in [2.24, 2.45) is 0 Å². The minimum atomic E-state index is -0.442. The normalized spacial score (nSPS) is 22.4. The van der Waals surface area contributed by atoms with Crippen molar-refractivity contribution in [2.45, 2.75) is 25.5 Å². The van der Waals surface area contributed by atoms with Crippen LogP contribution in [0, 0.1) is 6.92 Å². The van der Waals surface area contributed by atoms with Gasteiger partial charge in [0.15, 0.2) is 0 Å². The highest BCUT2D eigenvalue weighted by atomic mass is 16.5. The van der Waals surface area contributed by atoms with Gasteiger partial charge in [-0.2, -0.15) is 0 Å². The zero-order valence-electron chi connectivity index (χ0n) is 11.5. The molecule has 0 spiro atoms. The number of aliphatic hydroxyl groups is 2. The summed E-state index contributed by atoms with van der Waals surface area (Å²) in [6, 6.07) is 8.05. The zero-order valence-corrected chi connectivity index (χ0v) is 11.5. The minimum absolute atomic E-state index is 0.0685. The fraction of sp³-hybridized carbons (Fsp3) is 0.600. The van der Waals surface area contributed by atoms with E-state index in [9.17, 15) is 10.2 Å². The second-order valence-corrected chi connectivity index (χ2v) is 5.16. The Hall–Kier alpha value is -0.940. The third-order valence-corrected chi connectivity index (χ3v) is 3.71. The lowest BCUT2D eigenvalue weighted by Crippen LogP contribution is -2.48. The third-order valence-electron chi connectivity index (χ3n) is 3.71. The van der Waals surface area contributed by atoms with E-state index in [-0.39, 0.29) is 12.6 Å². The van der Waals surface area contributed by atoms with Crippen LogP contribution in [0.1, 0.15) is 23.7 Å². The number of ether oxygens (including phenoxy) is 1. The van der Waals surface area contributed by atoms with E-state index in [0.29, 0.717) is 19.6 Å². The summed E-state index contributed by atoms with van der Waals surface area (Å²) >= 11 is 0. The van der Waals surface area contributed by atoms with Gasteiger partial charge in [0.1, 0.15) is 0 Å². The van der Waals surface area contributed by atoms with Gasteiger partial charge >= 0.3 is 0 Å². The summed E-state index contributed by atoms with van der Waals surface area (Å²) in [7, 11) is 0. The van der Waals surface area contributed by atoms with Crippen LogP contribution in [0.4, 0.5) is 0 Å². The quantitative estimate of drug-likeness (QED) is 0.837. The molecule has 1 aromatic rings. The van der Waals surface area contributed by atoms with Gasteiger partial charge in [0.25, 0.3) is 0 Å². The Morgan fingerprint density at radius 1 is 1.37 bits per heavy atom. The second-order valence-electron chi connectivity index (χ2n) is 5.16. The van der Waals surface area contributed by atoms with Gasteiger partial charge in [0.05, 0.1) is 32.0 Å². The third kappa shape index (κ3) is 4.01. The molecule has 0 amide bonds. The first-order valence-corrected chi connectivity index (χ1v) is 6.88. The standard InChI is InChI=1S/C15H23NO3/c1-12-2-4-13(5-3-12)15(18)6-7-16-8-9-19-11-14(16)10-17/h2-5,14-15,17-18H,6-11H2,1H3. The van der Waals surface area contributed by atoms with E-state index in [1.165, 1.54) is 5.56 Å². The van der Waals surface area contributed by atoms with Crippen LogP contribution in [-0.2, 0) is 4.74 Å². The molecule has 2 unspecified atom stereocenters. The van der Waals surface area contributed by atoms with Crippen molar-refractivity contribution in [2.75, 3.05) is 32.9 Å². The molecule has 1 heterocycles. The summed E-state index contributed by atoms with van der Waals surface area (Å²) < 4.78 is 5.34. The number of hydrogen-bond donors (Lipinski definition) is 2.